The number of hydrogen-bond acceptors (Lipinski definition) is 5. The van der Waals surface area contributed by atoms with Gasteiger partial charge in [-0.2, -0.15) is 0 Å². The minimum absolute atomic E-state index is 0.0620. The fourth-order valence-corrected chi connectivity index (χ4v) is 3.77. The molecular weight excluding hydrogens is 432 g/mol. The molecule has 0 aliphatic rings. The van der Waals surface area contributed by atoms with Crippen LogP contribution in [0.15, 0.2) is 42.6 Å². The van der Waals surface area contributed by atoms with Crippen LogP contribution in [-0.4, -0.2) is 37.9 Å². The molecule has 0 atom stereocenters. The molecule has 0 unspecified atom stereocenters. The van der Waals surface area contributed by atoms with Crippen LogP contribution in [0.25, 0.3) is 11.3 Å². The SMILES string of the molecule is CN(Cc1ncc(-c2cc(C(C)(C)C)c(O)c(C(C)(C)C)c2)[nH]1)C(=O)c1ccc([N+](=O)[O-])cc1. The van der Waals surface area contributed by atoms with Gasteiger partial charge in [0.25, 0.3) is 11.6 Å². The zero-order valence-corrected chi connectivity index (χ0v) is 20.8. The van der Waals surface area contributed by atoms with Crippen molar-refractivity contribution in [1.29, 1.82) is 0 Å². The summed E-state index contributed by atoms with van der Waals surface area (Å²) in [6.45, 7) is 12.6. The summed E-state index contributed by atoms with van der Waals surface area (Å²) in [4.78, 5) is 32.3. The Labute approximate surface area is 199 Å². The van der Waals surface area contributed by atoms with Crippen molar-refractivity contribution in [2.24, 2.45) is 0 Å². The summed E-state index contributed by atoms with van der Waals surface area (Å²) < 4.78 is 0. The highest BCUT2D eigenvalue weighted by molar-refractivity contribution is 5.94. The number of phenolic OH excluding ortho intramolecular Hbond substituents is 1. The number of H-pyrrole nitrogens is 1. The van der Waals surface area contributed by atoms with Crippen molar-refractivity contribution in [1.82, 2.24) is 14.9 Å². The number of carbonyl (C=O) groups is 1. The number of imidazole rings is 1. The molecule has 0 bridgehead atoms. The number of nitro groups is 1. The molecule has 0 aliphatic carbocycles. The highest BCUT2D eigenvalue weighted by Crippen LogP contribution is 2.41. The minimum Gasteiger partial charge on any atom is -0.507 e. The monoisotopic (exact) mass is 464 g/mol. The van der Waals surface area contributed by atoms with Crippen LogP contribution in [0, 0.1) is 10.1 Å². The third-order valence-electron chi connectivity index (χ3n) is 5.72. The Morgan fingerprint density at radius 3 is 2.06 bits per heavy atom. The predicted octanol–water partition coefficient (Wildman–Crippen LogP) is 5.56. The lowest BCUT2D eigenvalue weighted by Crippen LogP contribution is -2.26. The van der Waals surface area contributed by atoms with E-state index >= 15 is 0 Å². The minimum atomic E-state index is -0.498. The number of nitrogens with one attached hydrogen (secondary N) is 1. The third kappa shape index (κ3) is 5.27. The van der Waals surface area contributed by atoms with E-state index in [4.69, 9.17) is 0 Å². The topological polar surface area (TPSA) is 112 Å². The van der Waals surface area contributed by atoms with Crippen molar-refractivity contribution in [3.63, 3.8) is 0 Å². The summed E-state index contributed by atoms with van der Waals surface area (Å²) in [6.07, 6.45) is 1.73. The number of aromatic amines is 1. The number of rotatable bonds is 5. The maximum Gasteiger partial charge on any atom is 0.269 e. The van der Waals surface area contributed by atoms with E-state index in [9.17, 15) is 20.0 Å². The zero-order chi connectivity index (χ0) is 25.4. The van der Waals surface area contributed by atoms with Crippen LogP contribution in [0.2, 0.25) is 0 Å². The number of aromatic hydroxyl groups is 1. The molecule has 2 N–H and O–H groups in total. The Bertz CT molecular complexity index is 1180. The Balaban J connectivity index is 1.87. The normalized spacial score (nSPS) is 12.0. The van der Waals surface area contributed by atoms with Crippen LogP contribution in [0.3, 0.4) is 0 Å². The first-order valence-electron chi connectivity index (χ1n) is 11.1. The van der Waals surface area contributed by atoms with Crippen molar-refractivity contribution >= 4 is 11.6 Å². The van der Waals surface area contributed by atoms with Gasteiger partial charge >= 0.3 is 0 Å². The van der Waals surface area contributed by atoms with Gasteiger partial charge in [-0.25, -0.2) is 4.98 Å². The first-order valence-corrected chi connectivity index (χ1v) is 11.1. The van der Waals surface area contributed by atoms with Gasteiger partial charge in [0.15, 0.2) is 0 Å². The smallest absolute Gasteiger partial charge is 0.269 e. The molecule has 0 saturated carbocycles. The number of nitrogens with zero attached hydrogens (tertiary/aromatic N) is 3. The van der Waals surface area contributed by atoms with Gasteiger partial charge in [-0.15, -0.1) is 0 Å². The summed E-state index contributed by atoms with van der Waals surface area (Å²) in [6, 6.07) is 9.49. The molecule has 0 saturated heterocycles. The standard InChI is InChI=1S/C26H32N4O4/c1-25(2,3)19-12-17(13-20(23(19)31)26(4,5)6)21-14-27-22(28-21)15-29(7)24(32)16-8-10-18(11-9-16)30(33)34/h8-14,31H,15H2,1-7H3,(H,27,28). The fraction of sp³-hybridized carbons (Fsp3) is 0.385. The molecule has 0 spiro atoms. The first-order chi connectivity index (χ1) is 15.7. The van der Waals surface area contributed by atoms with Gasteiger partial charge in [0.2, 0.25) is 0 Å². The average Bonchev–Trinajstić information content (AvgIpc) is 3.20. The third-order valence-corrected chi connectivity index (χ3v) is 5.72. The van der Waals surface area contributed by atoms with E-state index in [1.165, 1.54) is 29.2 Å². The second-order valence-electron chi connectivity index (χ2n) is 10.6. The molecule has 8 heteroatoms. The van der Waals surface area contributed by atoms with Crippen LogP contribution >= 0.6 is 0 Å². The maximum absolute atomic E-state index is 12.7. The van der Waals surface area contributed by atoms with Crippen LogP contribution in [-0.2, 0) is 17.4 Å². The lowest BCUT2D eigenvalue weighted by atomic mass is 9.78. The molecule has 0 fully saturated rings. The maximum atomic E-state index is 12.7. The van der Waals surface area contributed by atoms with Crippen LogP contribution in [0.5, 0.6) is 5.75 Å². The molecule has 3 rings (SSSR count). The molecule has 8 nitrogen and oxygen atoms in total. The summed E-state index contributed by atoms with van der Waals surface area (Å²) in [5.41, 5.74) is 3.22. The lowest BCUT2D eigenvalue weighted by Gasteiger charge is -2.28. The van der Waals surface area contributed by atoms with E-state index in [-0.39, 0.29) is 29.0 Å². The van der Waals surface area contributed by atoms with E-state index in [1.807, 2.05) is 12.1 Å². The molecule has 1 amide bonds. The zero-order valence-electron chi connectivity index (χ0n) is 20.8. The van der Waals surface area contributed by atoms with Gasteiger partial charge in [0.05, 0.1) is 23.4 Å². The van der Waals surface area contributed by atoms with Gasteiger partial charge < -0.3 is 15.0 Å². The van der Waals surface area contributed by atoms with Crippen molar-refractivity contribution < 1.29 is 14.8 Å². The number of non-ortho nitro benzene ring substituents is 1. The Hall–Kier alpha value is -3.68. The average molecular weight is 465 g/mol. The van der Waals surface area contributed by atoms with E-state index in [2.05, 4.69) is 51.5 Å². The first kappa shape index (κ1) is 25.0. The van der Waals surface area contributed by atoms with E-state index in [0.29, 0.717) is 17.1 Å². The number of phenols is 1. The Morgan fingerprint density at radius 2 is 1.59 bits per heavy atom. The van der Waals surface area contributed by atoms with E-state index < -0.39 is 4.92 Å². The van der Waals surface area contributed by atoms with Gasteiger partial charge in [-0.3, -0.25) is 14.9 Å². The Kier molecular flexibility index (Phi) is 6.55. The van der Waals surface area contributed by atoms with Crippen molar-refractivity contribution in [3.8, 4) is 17.0 Å². The summed E-state index contributed by atoms with van der Waals surface area (Å²) in [5, 5.41) is 21.8. The quantitative estimate of drug-likeness (QED) is 0.379. The number of benzene rings is 2. The predicted molar refractivity (Wildman–Crippen MR) is 132 cm³/mol. The summed E-state index contributed by atoms with van der Waals surface area (Å²) in [7, 11) is 1.65. The number of carbonyl (C=O) groups excluding carboxylic acids is 1. The van der Waals surface area contributed by atoms with Gasteiger partial charge in [0, 0.05) is 41.4 Å². The molecule has 2 aromatic carbocycles. The Morgan fingerprint density at radius 1 is 1.06 bits per heavy atom. The lowest BCUT2D eigenvalue weighted by molar-refractivity contribution is -0.384. The van der Waals surface area contributed by atoms with E-state index in [1.54, 1.807) is 13.2 Å². The second kappa shape index (κ2) is 8.93. The van der Waals surface area contributed by atoms with Crippen molar-refractivity contribution in [2.75, 3.05) is 7.05 Å². The number of amides is 1. The molecule has 180 valence electrons. The van der Waals surface area contributed by atoms with Crippen molar-refractivity contribution in [2.45, 2.75) is 58.9 Å². The van der Waals surface area contributed by atoms with Crippen LogP contribution in [0.4, 0.5) is 5.69 Å². The summed E-state index contributed by atoms with van der Waals surface area (Å²) in [5.74, 6) is 0.662. The molecule has 0 aliphatic heterocycles. The van der Waals surface area contributed by atoms with Gasteiger partial charge in [-0.1, -0.05) is 41.5 Å². The second-order valence-corrected chi connectivity index (χ2v) is 10.6. The molecule has 1 aromatic heterocycles. The van der Waals surface area contributed by atoms with E-state index in [0.717, 1.165) is 22.4 Å². The number of hydrogen-bond donors (Lipinski definition) is 2. The van der Waals surface area contributed by atoms with Crippen LogP contribution < -0.4 is 0 Å². The molecular formula is C26H32N4O4. The molecule has 0 radical (unpaired) electrons. The number of aromatic nitrogens is 2. The van der Waals surface area contributed by atoms with Crippen LogP contribution in [0.1, 0.15) is 68.9 Å². The summed E-state index contributed by atoms with van der Waals surface area (Å²) >= 11 is 0. The fourth-order valence-electron chi connectivity index (χ4n) is 3.77. The molecule has 34 heavy (non-hydrogen) atoms. The van der Waals surface area contributed by atoms with Gasteiger partial charge in [0.1, 0.15) is 11.6 Å². The van der Waals surface area contributed by atoms with Crippen molar-refractivity contribution in [3.05, 3.63) is 75.2 Å². The molecule has 1 heterocycles. The molecule has 3 aromatic rings. The van der Waals surface area contributed by atoms with Gasteiger partial charge in [-0.05, 0) is 35.1 Å². The number of nitro benzene ring substituents is 1. The largest absolute Gasteiger partial charge is 0.507 e. The highest BCUT2D eigenvalue weighted by atomic mass is 16.6. The highest BCUT2D eigenvalue weighted by Gasteiger charge is 2.27.